The van der Waals surface area contributed by atoms with Gasteiger partial charge < -0.3 is 4.90 Å². The van der Waals surface area contributed by atoms with Crippen molar-refractivity contribution in [3.63, 3.8) is 0 Å². The fourth-order valence-electron chi connectivity index (χ4n) is 3.64. The lowest BCUT2D eigenvalue weighted by molar-refractivity contribution is -0.132. The molecule has 2 aliphatic heterocycles. The predicted octanol–water partition coefficient (Wildman–Crippen LogP) is 3.97. The first-order chi connectivity index (χ1) is 13.0. The second-order valence-electron chi connectivity index (χ2n) is 7.41. The first kappa shape index (κ1) is 20.1. The fourth-order valence-corrected chi connectivity index (χ4v) is 5.30. The minimum atomic E-state index is -0.0355. The molecule has 2 aliphatic rings. The average Bonchev–Trinajstić information content (AvgIpc) is 3.20. The molecule has 0 N–H and O–H groups in total. The van der Waals surface area contributed by atoms with E-state index in [9.17, 15) is 9.59 Å². The Hall–Kier alpha value is -1.66. The Kier molecular flexibility index (Phi) is 6.71. The molecular formula is C21H26N2O2S2. The zero-order chi connectivity index (χ0) is 19.4. The number of likely N-dealkylation sites (tertiary alicyclic amines) is 1. The van der Waals surface area contributed by atoms with E-state index >= 15 is 0 Å². The van der Waals surface area contributed by atoms with Gasteiger partial charge in [0.05, 0.1) is 0 Å². The summed E-state index contributed by atoms with van der Waals surface area (Å²) in [6.45, 7) is 4.79. The van der Waals surface area contributed by atoms with Crippen LogP contribution < -0.4 is 0 Å². The van der Waals surface area contributed by atoms with Crippen LogP contribution >= 0.6 is 24.0 Å². The summed E-state index contributed by atoms with van der Waals surface area (Å²) in [5, 5.41) is 0. The number of nitrogens with zero attached hydrogens (tertiary/aromatic N) is 2. The van der Waals surface area contributed by atoms with Crippen molar-refractivity contribution in [2.75, 3.05) is 12.3 Å². The summed E-state index contributed by atoms with van der Waals surface area (Å²) < 4.78 is 0.679. The second kappa shape index (κ2) is 9.02. The van der Waals surface area contributed by atoms with E-state index in [0.29, 0.717) is 29.6 Å². The first-order valence-corrected chi connectivity index (χ1v) is 10.9. The molecule has 1 aromatic carbocycles. The molecule has 4 nitrogen and oxygen atoms in total. The van der Waals surface area contributed by atoms with Crippen LogP contribution in [0, 0.1) is 5.92 Å². The van der Waals surface area contributed by atoms with Crippen molar-refractivity contribution in [2.24, 2.45) is 5.92 Å². The maximum Gasteiger partial charge on any atom is 0.230 e. The monoisotopic (exact) mass is 402 g/mol. The normalized spacial score (nSPS) is 23.2. The quantitative estimate of drug-likeness (QED) is 0.675. The molecule has 3 rings (SSSR count). The minimum Gasteiger partial charge on any atom is -0.335 e. The van der Waals surface area contributed by atoms with Crippen LogP contribution in [0.25, 0.3) is 6.08 Å². The molecule has 2 amide bonds. The SMILES string of the molecule is CC(C)[C@H]1CSC(=S)N1C(=O)C[C@H]1CCC(=O)N1C/C=C/c1ccccc1. The molecule has 0 bridgehead atoms. The third-order valence-electron chi connectivity index (χ3n) is 5.22. The smallest absolute Gasteiger partial charge is 0.230 e. The van der Waals surface area contributed by atoms with Gasteiger partial charge in [-0.25, -0.2) is 0 Å². The third kappa shape index (κ3) is 4.79. The van der Waals surface area contributed by atoms with E-state index in [1.807, 2.05) is 47.4 Å². The summed E-state index contributed by atoms with van der Waals surface area (Å²) in [4.78, 5) is 28.9. The topological polar surface area (TPSA) is 40.6 Å². The van der Waals surface area contributed by atoms with Crippen LogP contribution in [0.1, 0.15) is 38.7 Å². The number of rotatable bonds is 6. The molecule has 2 heterocycles. The van der Waals surface area contributed by atoms with Crippen LogP contribution in [0.5, 0.6) is 0 Å². The van der Waals surface area contributed by atoms with E-state index in [4.69, 9.17) is 12.2 Å². The van der Waals surface area contributed by atoms with E-state index in [1.165, 1.54) is 0 Å². The molecule has 2 saturated heterocycles. The number of benzene rings is 1. The lowest BCUT2D eigenvalue weighted by atomic mass is 10.0. The number of carbonyl (C=O) groups is 2. The predicted molar refractivity (Wildman–Crippen MR) is 115 cm³/mol. The average molecular weight is 403 g/mol. The van der Waals surface area contributed by atoms with Gasteiger partial charge in [0, 0.05) is 37.2 Å². The number of thiocarbonyl (C=S) groups is 1. The summed E-state index contributed by atoms with van der Waals surface area (Å²) in [5.74, 6) is 1.43. The van der Waals surface area contributed by atoms with Crippen molar-refractivity contribution >= 4 is 46.2 Å². The molecule has 0 unspecified atom stereocenters. The fraction of sp³-hybridized carbons (Fsp3) is 0.476. The lowest BCUT2D eigenvalue weighted by Gasteiger charge is -2.29. The summed E-state index contributed by atoms with van der Waals surface area (Å²) in [5.41, 5.74) is 1.11. The molecule has 0 spiro atoms. The van der Waals surface area contributed by atoms with Crippen LogP contribution in [0.4, 0.5) is 0 Å². The van der Waals surface area contributed by atoms with Crippen molar-refractivity contribution < 1.29 is 9.59 Å². The maximum atomic E-state index is 12.9. The summed E-state index contributed by atoms with van der Waals surface area (Å²) in [6, 6.07) is 10.1. The van der Waals surface area contributed by atoms with E-state index in [1.54, 1.807) is 16.7 Å². The first-order valence-electron chi connectivity index (χ1n) is 9.47. The Morgan fingerprint density at radius 1 is 1.33 bits per heavy atom. The van der Waals surface area contributed by atoms with Gasteiger partial charge in [-0.05, 0) is 17.9 Å². The van der Waals surface area contributed by atoms with E-state index in [2.05, 4.69) is 13.8 Å². The van der Waals surface area contributed by atoms with Crippen molar-refractivity contribution in [2.45, 2.75) is 45.2 Å². The number of hydrogen-bond donors (Lipinski definition) is 0. The highest BCUT2D eigenvalue weighted by molar-refractivity contribution is 8.23. The largest absolute Gasteiger partial charge is 0.335 e. The van der Waals surface area contributed by atoms with Crippen molar-refractivity contribution in [1.82, 2.24) is 9.80 Å². The zero-order valence-corrected chi connectivity index (χ0v) is 17.5. The van der Waals surface area contributed by atoms with Gasteiger partial charge in [0.15, 0.2) is 0 Å². The second-order valence-corrected chi connectivity index (χ2v) is 9.06. The van der Waals surface area contributed by atoms with Crippen molar-refractivity contribution in [1.29, 1.82) is 0 Å². The van der Waals surface area contributed by atoms with Crippen molar-refractivity contribution in [3.8, 4) is 0 Å². The number of carbonyl (C=O) groups excluding carboxylic acids is 2. The number of amides is 2. The van der Waals surface area contributed by atoms with E-state index in [0.717, 1.165) is 17.7 Å². The van der Waals surface area contributed by atoms with Gasteiger partial charge in [0.1, 0.15) is 4.32 Å². The van der Waals surface area contributed by atoms with Gasteiger partial charge in [-0.2, -0.15) is 0 Å². The van der Waals surface area contributed by atoms with Gasteiger partial charge >= 0.3 is 0 Å². The molecule has 0 aromatic heterocycles. The molecular weight excluding hydrogens is 376 g/mol. The Morgan fingerprint density at radius 2 is 2.07 bits per heavy atom. The zero-order valence-electron chi connectivity index (χ0n) is 15.8. The Balaban J connectivity index is 1.63. The molecule has 2 fully saturated rings. The number of thioether (sulfide) groups is 1. The van der Waals surface area contributed by atoms with Gasteiger partial charge in [-0.15, -0.1) is 0 Å². The van der Waals surface area contributed by atoms with E-state index in [-0.39, 0.29) is 23.9 Å². The molecule has 0 aliphatic carbocycles. The van der Waals surface area contributed by atoms with Crippen molar-refractivity contribution in [3.05, 3.63) is 42.0 Å². The molecule has 6 heteroatoms. The highest BCUT2D eigenvalue weighted by Crippen LogP contribution is 2.31. The summed E-state index contributed by atoms with van der Waals surface area (Å²) >= 11 is 6.99. The van der Waals surface area contributed by atoms with Gasteiger partial charge in [-0.1, -0.05) is 80.3 Å². The summed E-state index contributed by atoms with van der Waals surface area (Å²) in [6.07, 6.45) is 5.64. The summed E-state index contributed by atoms with van der Waals surface area (Å²) in [7, 11) is 0. The Bertz CT molecular complexity index is 733. The van der Waals surface area contributed by atoms with Crippen LogP contribution in [-0.2, 0) is 9.59 Å². The molecule has 27 heavy (non-hydrogen) atoms. The van der Waals surface area contributed by atoms with Crippen LogP contribution in [0.3, 0.4) is 0 Å². The van der Waals surface area contributed by atoms with E-state index < -0.39 is 0 Å². The molecule has 1 aromatic rings. The highest BCUT2D eigenvalue weighted by Gasteiger charge is 2.39. The maximum absolute atomic E-state index is 12.9. The molecule has 144 valence electrons. The molecule has 0 saturated carbocycles. The number of hydrogen-bond acceptors (Lipinski definition) is 4. The molecule has 0 radical (unpaired) electrons. The van der Waals surface area contributed by atoms with Gasteiger partial charge in [0.25, 0.3) is 0 Å². The van der Waals surface area contributed by atoms with Crippen LogP contribution in [-0.4, -0.2) is 50.3 Å². The highest BCUT2D eigenvalue weighted by atomic mass is 32.2. The van der Waals surface area contributed by atoms with Gasteiger partial charge in [-0.3, -0.25) is 14.5 Å². The minimum absolute atomic E-state index is 0.0355. The molecule has 2 atom stereocenters. The van der Waals surface area contributed by atoms with Crippen LogP contribution in [0.15, 0.2) is 36.4 Å². The Morgan fingerprint density at radius 3 is 2.78 bits per heavy atom. The standard InChI is InChI=1S/C21H26N2O2S2/c1-15(2)18-14-27-21(26)23(18)20(25)13-17-10-11-19(24)22(17)12-6-9-16-7-4-3-5-8-16/h3-9,15,17-18H,10-14H2,1-2H3/b9-6+/t17-,18-/m1/s1. The van der Waals surface area contributed by atoms with Crippen LogP contribution in [0.2, 0.25) is 0 Å². The van der Waals surface area contributed by atoms with Gasteiger partial charge in [0.2, 0.25) is 11.8 Å². The third-order valence-corrected chi connectivity index (χ3v) is 6.72. The lowest BCUT2D eigenvalue weighted by Crippen LogP contribution is -2.44. The Labute approximate surface area is 171 Å².